The van der Waals surface area contributed by atoms with E-state index in [-0.39, 0.29) is 0 Å². The van der Waals surface area contributed by atoms with Gasteiger partial charge in [-0.1, -0.05) is 6.07 Å². The van der Waals surface area contributed by atoms with E-state index in [9.17, 15) is 0 Å². The lowest BCUT2D eigenvalue weighted by atomic mass is 10.1. The van der Waals surface area contributed by atoms with Crippen molar-refractivity contribution >= 4 is 0 Å². The Kier molecular flexibility index (Phi) is 4.69. The van der Waals surface area contributed by atoms with Gasteiger partial charge < -0.3 is 10.6 Å². The van der Waals surface area contributed by atoms with Gasteiger partial charge in [0, 0.05) is 37.6 Å². The van der Waals surface area contributed by atoms with E-state index >= 15 is 0 Å². The number of hydrogen-bond acceptors (Lipinski definition) is 4. The zero-order chi connectivity index (χ0) is 13.0. The van der Waals surface area contributed by atoms with Crippen molar-refractivity contribution in [2.45, 2.75) is 24.9 Å². The molecule has 1 saturated heterocycles. The minimum Gasteiger partial charge on any atom is -0.329 e. The Morgan fingerprint density at radius 2 is 2.39 bits per heavy atom. The lowest BCUT2D eigenvalue weighted by molar-refractivity contribution is 0.155. The Morgan fingerprint density at radius 3 is 3.00 bits per heavy atom. The monoisotopic (exact) mass is 248 g/mol. The molecular weight excluding hydrogens is 224 g/mol. The Labute approximate surface area is 110 Å². The van der Waals surface area contributed by atoms with E-state index in [1.54, 1.807) is 0 Å². The third kappa shape index (κ3) is 3.07. The zero-order valence-electron chi connectivity index (χ0n) is 11.4. The normalized spacial score (nSPS) is 22.6. The molecular formula is C14H24N4. The number of rotatable bonds is 5. The maximum Gasteiger partial charge on any atom is 0.0489 e. The second-order valence-corrected chi connectivity index (χ2v) is 5.33. The number of aromatic nitrogens is 1. The van der Waals surface area contributed by atoms with E-state index in [2.05, 4.69) is 34.9 Å². The number of hydrogen-bond donors (Lipinski definition) is 1. The van der Waals surface area contributed by atoms with Gasteiger partial charge in [-0.3, -0.25) is 9.88 Å². The van der Waals surface area contributed by atoms with Crippen LogP contribution in [0.25, 0.3) is 0 Å². The van der Waals surface area contributed by atoms with Gasteiger partial charge in [-0.15, -0.1) is 0 Å². The fourth-order valence-electron chi connectivity index (χ4n) is 2.92. The number of pyridine rings is 1. The van der Waals surface area contributed by atoms with Crippen LogP contribution in [0.2, 0.25) is 0 Å². The Bertz CT molecular complexity index is 352. The van der Waals surface area contributed by atoms with Gasteiger partial charge in [0.25, 0.3) is 0 Å². The van der Waals surface area contributed by atoms with E-state index < -0.39 is 0 Å². The summed E-state index contributed by atoms with van der Waals surface area (Å²) in [5, 5.41) is 0. The lowest BCUT2D eigenvalue weighted by Gasteiger charge is -2.33. The van der Waals surface area contributed by atoms with Crippen LogP contribution in [0.1, 0.15) is 24.4 Å². The molecule has 4 heteroatoms. The van der Waals surface area contributed by atoms with Crippen molar-refractivity contribution in [2.75, 3.05) is 33.7 Å². The summed E-state index contributed by atoms with van der Waals surface area (Å²) in [6.07, 6.45) is 6.31. The van der Waals surface area contributed by atoms with E-state index in [1.807, 2.05) is 18.5 Å². The van der Waals surface area contributed by atoms with Crippen LogP contribution in [-0.2, 0) is 0 Å². The zero-order valence-corrected chi connectivity index (χ0v) is 11.4. The van der Waals surface area contributed by atoms with E-state index in [0.717, 1.165) is 13.1 Å². The predicted molar refractivity (Wildman–Crippen MR) is 74.3 cm³/mol. The van der Waals surface area contributed by atoms with Crippen molar-refractivity contribution in [3.8, 4) is 0 Å². The molecule has 0 spiro atoms. The molecule has 1 aromatic heterocycles. The fourth-order valence-corrected chi connectivity index (χ4v) is 2.92. The van der Waals surface area contributed by atoms with Crippen LogP contribution in [0.15, 0.2) is 24.5 Å². The molecule has 2 atom stereocenters. The van der Waals surface area contributed by atoms with Gasteiger partial charge in [-0.05, 0) is 45.1 Å². The minimum absolute atomic E-state index is 0.311. The average Bonchev–Trinajstić information content (AvgIpc) is 2.79. The molecule has 18 heavy (non-hydrogen) atoms. The molecule has 2 unspecified atom stereocenters. The summed E-state index contributed by atoms with van der Waals surface area (Å²) in [4.78, 5) is 9.03. The van der Waals surface area contributed by atoms with Gasteiger partial charge >= 0.3 is 0 Å². The van der Waals surface area contributed by atoms with Gasteiger partial charge in [0.1, 0.15) is 0 Å². The summed E-state index contributed by atoms with van der Waals surface area (Å²) >= 11 is 0. The number of nitrogens with zero attached hydrogens (tertiary/aromatic N) is 3. The third-order valence-electron chi connectivity index (χ3n) is 3.69. The Hall–Kier alpha value is -0.970. The van der Waals surface area contributed by atoms with Gasteiger partial charge in [-0.25, -0.2) is 0 Å². The van der Waals surface area contributed by atoms with Crippen LogP contribution >= 0.6 is 0 Å². The minimum atomic E-state index is 0.311. The summed E-state index contributed by atoms with van der Waals surface area (Å²) in [7, 11) is 4.27. The van der Waals surface area contributed by atoms with Crippen LogP contribution in [0.5, 0.6) is 0 Å². The largest absolute Gasteiger partial charge is 0.329 e. The molecule has 2 heterocycles. The first-order valence-corrected chi connectivity index (χ1v) is 6.73. The molecule has 0 radical (unpaired) electrons. The highest BCUT2D eigenvalue weighted by molar-refractivity contribution is 5.15. The molecule has 0 aliphatic carbocycles. The first kappa shape index (κ1) is 13.5. The quantitative estimate of drug-likeness (QED) is 0.848. The summed E-state index contributed by atoms with van der Waals surface area (Å²) < 4.78 is 0. The van der Waals surface area contributed by atoms with Crippen molar-refractivity contribution in [2.24, 2.45) is 5.73 Å². The number of likely N-dealkylation sites (N-methyl/N-ethyl adjacent to an activating group) is 1. The van der Waals surface area contributed by atoms with E-state index in [4.69, 9.17) is 5.73 Å². The molecule has 0 aromatic carbocycles. The topological polar surface area (TPSA) is 45.4 Å². The van der Waals surface area contributed by atoms with Gasteiger partial charge in [0.05, 0.1) is 0 Å². The molecule has 2 N–H and O–H groups in total. The van der Waals surface area contributed by atoms with E-state index in [0.29, 0.717) is 18.6 Å². The smallest absolute Gasteiger partial charge is 0.0489 e. The molecule has 1 aromatic rings. The molecule has 0 saturated carbocycles. The summed E-state index contributed by atoms with van der Waals surface area (Å²) in [5.74, 6) is 0. The van der Waals surface area contributed by atoms with Gasteiger partial charge in [0.15, 0.2) is 0 Å². The molecule has 1 aliphatic rings. The Balaban J connectivity index is 2.12. The van der Waals surface area contributed by atoms with Crippen LogP contribution in [0.4, 0.5) is 0 Å². The average molecular weight is 248 g/mol. The Morgan fingerprint density at radius 1 is 1.56 bits per heavy atom. The fraction of sp³-hybridized carbons (Fsp3) is 0.643. The summed E-state index contributed by atoms with van der Waals surface area (Å²) in [5.41, 5.74) is 7.24. The maximum absolute atomic E-state index is 5.99. The molecule has 1 aliphatic heterocycles. The second kappa shape index (κ2) is 6.27. The molecule has 0 bridgehead atoms. The molecule has 100 valence electrons. The highest BCUT2D eigenvalue weighted by atomic mass is 15.2. The maximum atomic E-state index is 5.99. The first-order valence-electron chi connectivity index (χ1n) is 6.73. The highest BCUT2D eigenvalue weighted by Crippen LogP contribution is 2.28. The standard InChI is InChI=1S/C14H24N4/c1-17(2)11-13-6-4-8-18(13)14(9-15)12-5-3-7-16-10-12/h3,5,7,10,13-14H,4,6,8-9,11,15H2,1-2H3. The summed E-state index contributed by atoms with van der Waals surface area (Å²) in [6, 6.07) is 5.06. The van der Waals surface area contributed by atoms with Crippen molar-refractivity contribution in [3.05, 3.63) is 30.1 Å². The molecule has 0 amide bonds. The summed E-state index contributed by atoms with van der Waals surface area (Å²) in [6.45, 7) is 2.92. The second-order valence-electron chi connectivity index (χ2n) is 5.33. The van der Waals surface area contributed by atoms with Gasteiger partial charge in [-0.2, -0.15) is 0 Å². The van der Waals surface area contributed by atoms with Crippen LogP contribution in [0, 0.1) is 0 Å². The van der Waals surface area contributed by atoms with Crippen molar-refractivity contribution in [3.63, 3.8) is 0 Å². The molecule has 1 fully saturated rings. The van der Waals surface area contributed by atoms with Crippen molar-refractivity contribution in [1.29, 1.82) is 0 Å². The first-order chi connectivity index (χ1) is 8.72. The molecule has 2 rings (SSSR count). The third-order valence-corrected chi connectivity index (χ3v) is 3.69. The number of likely N-dealkylation sites (tertiary alicyclic amines) is 1. The van der Waals surface area contributed by atoms with Crippen molar-refractivity contribution in [1.82, 2.24) is 14.8 Å². The van der Waals surface area contributed by atoms with E-state index in [1.165, 1.54) is 18.4 Å². The predicted octanol–water partition coefficient (Wildman–Crippen LogP) is 1.11. The number of nitrogens with two attached hydrogens (primary N) is 1. The van der Waals surface area contributed by atoms with Crippen LogP contribution in [-0.4, -0.2) is 54.6 Å². The highest BCUT2D eigenvalue weighted by Gasteiger charge is 2.31. The SMILES string of the molecule is CN(C)CC1CCCN1C(CN)c1cccnc1. The van der Waals surface area contributed by atoms with Gasteiger partial charge in [0.2, 0.25) is 0 Å². The lowest BCUT2D eigenvalue weighted by Crippen LogP contribution is -2.42. The van der Waals surface area contributed by atoms with Crippen LogP contribution in [0.3, 0.4) is 0 Å². The molecule has 4 nitrogen and oxygen atoms in total. The van der Waals surface area contributed by atoms with Crippen LogP contribution < -0.4 is 5.73 Å². The van der Waals surface area contributed by atoms with Crippen molar-refractivity contribution < 1.29 is 0 Å².